The quantitative estimate of drug-likeness (QED) is 0.816. The van der Waals surface area contributed by atoms with Gasteiger partial charge in [0.2, 0.25) is 17.6 Å². The molecule has 2 heterocycles. The average molecular weight is 403 g/mol. The van der Waals surface area contributed by atoms with Crippen LogP contribution in [-0.4, -0.2) is 40.1 Å². The van der Waals surface area contributed by atoms with E-state index < -0.39 is 0 Å². The van der Waals surface area contributed by atoms with Gasteiger partial charge in [0.1, 0.15) is 0 Å². The van der Waals surface area contributed by atoms with Crippen LogP contribution in [0.3, 0.4) is 0 Å². The highest BCUT2D eigenvalue weighted by Gasteiger charge is 2.27. The van der Waals surface area contributed by atoms with E-state index in [9.17, 15) is 4.79 Å². The summed E-state index contributed by atoms with van der Waals surface area (Å²) < 4.78 is 5.41. The summed E-state index contributed by atoms with van der Waals surface area (Å²) in [5.41, 5.74) is 0.848. The van der Waals surface area contributed by atoms with E-state index in [2.05, 4.69) is 20.4 Å². The van der Waals surface area contributed by atoms with Gasteiger partial charge >= 0.3 is 0 Å². The molecule has 0 unspecified atom stereocenters. The third kappa shape index (κ3) is 4.92. The molecule has 2 aromatic rings. The largest absolute Gasteiger partial charge is 0.353 e. The number of nitrogens with zero attached hydrogens (tertiary/aromatic N) is 3. The zero-order chi connectivity index (χ0) is 19.3. The first-order chi connectivity index (χ1) is 13.7. The van der Waals surface area contributed by atoms with Gasteiger partial charge < -0.3 is 9.84 Å². The average Bonchev–Trinajstić information content (AvgIpc) is 3.18. The summed E-state index contributed by atoms with van der Waals surface area (Å²) >= 11 is 6.03. The van der Waals surface area contributed by atoms with Gasteiger partial charge in [0, 0.05) is 22.5 Å². The van der Waals surface area contributed by atoms with Crippen LogP contribution in [0, 0.1) is 5.92 Å². The minimum atomic E-state index is 0.128. The van der Waals surface area contributed by atoms with E-state index in [1.54, 1.807) is 0 Å². The molecule has 1 aromatic heterocycles. The molecule has 4 rings (SSSR count). The highest BCUT2D eigenvalue weighted by Crippen LogP contribution is 2.23. The number of aromatic nitrogens is 2. The monoisotopic (exact) mass is 402 g/mol. The van der Waals surface area contributed by atoms with Gasteiger partial charge in [-0.15, -0.1) is 0 Å². The number of hydrogen-bond donors (Lipinski definition) is 1. The van der Waals surface area contributed by atoms with Crippen LogP contribution in [0.5, 0.6) is 0 Å². The van der Waals surface area contributed by atoms with Gasteiger partial charge in [0.25, 0.3) is 0 Å². The van der Waals surface area contributed by atoms with Crippen molar-refractivity contribution in [2.45, 2.75) is 57.5 Å². The number of hydrogen-bond acceptors (Lipinski definition) is 5. The van der Waals surface area contributed by atoms with Gasteiger partial charge in [-0.2, -0.15) is 4.98 Å². The molecule has 1 N–H and O–H groups in total. The second kappa shape index (κ2) is 9.05. The van der Waals surface area contributed by atoms with E-state index in [4.69, 9.17) is 16.1 Å². The van der Waals surface area contributed by atoms with Crippen molar-refractivity contribution in [3.63, 3.8) is 0 Å². The Morgan fingerprint density at radius 3 is 2.71 bits per heavy atom. The van der Waals surface area contributed by atoms with E-state index in [1.807, 2.05) is 24.3 Å². The van der Waals surface area contributed by atoms with E-state index in [-0.39, 0.29) is 11.8 Å². The molecule has 1 aromatic carbocycles. The maximum atomic E-state index is 12.5. The van der Waals surface area contributed by atoms with Crippen LogP contribution in [0.1, 0.15) is 50.8 Å². The molecule has 0 atom stereocenters. The highest BCUT2D eigenvalue weighted by atomic mass is 35.5. The molecule has 0 bridgehead atoms. The zero-order valence-corrected chi connectivity index (χ0v) is 16.8. The van der Waals surface area contributed by atoms with Crippen molar-refractivity contribution in [1.82, 2.24) is 20.4 Å². The Kier molecular flexibility index (Phi) is 6.27. The third-order valence-electron chi connectivity index (χ3n) is 5.82. The fraction of sp³-hybridized carbons (Fsp3) is 0.571. The van der Waals surface area contributed by atoms with Gasteiger partial charge in [-0.1, -0.05) is 48.2 Å². The Bertz CT molecular complexity index is 795. The minimum absolute atomic E-state index is 0.128. The maximum absolute atomic E-state index is 12.5. The molecule has 1 amide bonds. The summed E-state index contributed by atoms with van der Waals surface area (Å²) in [6.07, 6.45) is 7.82. The topological polar surface area (TPSA) is 71.3 Å². The Hall–Kier alpha value is -1.92. The Labute approximate surface area is 170 Å². The molecule has 1 saturated carbocycles. The molecule has 1 aliphatic carbocycles. The number of benzene rings is 1. The second-order valence-corrected chi connectivity index (χ2v) is 8.35. The molecule has 1 aliphatic heterocycles. The smallest absolute Gasteiger partial charge is 0.241 e. The van der Waals surface area contributed by atoms with Crippen molar-refractivity contribution in [3.8, 4) is 11.4 Å². The molecular weight excluding hydrogens is 376 g/mol. The lowest BCUT2D eigenvalue weighted by molar-refractivity contribution is -0.127. The number of carbonyl (C=O) groups excluding carboxylic acids is 1. The standard InChI is InChI=1S/C21H27ClN4O2/c22-17-6-4-5-16(13-17)20-24-19(28-25-20)14-26-11-9-15(10-12-26)21(27)23-18-7-2-1-3-8-18/h4-6,13,15,18H,1-3,7-12,14H2,(H,23,27). The molecule has 150 valence electrons. The molecule has 28 heavy (non-hydrogen) atoms. The van der Waals surface area contributed by atoms with Crippen LogP contribution in [-0.2, 0) is 11.3 Å². The van der Waals surface area contributed by atoms with Crippen molar-refractivity contribution in [2.24, 2.45) is 5.92 Å². The van der Waals surface area contributed by atoms with Crippen LogP contribution in [0.4, 0.5) is 0 Å². The van der Waals surface area contributed by atoms with Gasteiger partial charge in [0.15, 0.2) is 0 Å². The summed E-state index contributed by atoms with van der Waals surface area (Å²) in [5, 5.41) is 7.99. The van der Waals surface area contributed by atoms with Crippen molar-refractivity contribution >= 4 is 17.5 Å². The van der Waals surface area contributed by atoms with Gasteiger partial charge in [-0.05, 0) is 50.9 Å². The van der Waals surface area contributed by atoms with Crippen LogP contribution in [0.25, 0.3) is 11.4 Å². The van der Waals surface area contributed by atoms with Crippen LogP contribution >= 0.6 is 11.6 Å². The second-order valence-electron chi connectivity index (χ2n) is 7.92. The molecule has 0 radical (unpaired) electrons. The van der Waals surface area contributed by atoms with E-state index in [0.29, 0.717) is 29.3 Å². The van der Waals surface area contributed by atoms with Gasteiger partial charge in [0.05, 0.1) is 6.54 Å². The predicted octanol–water partition coefficient (Wildman–Crippen LogP) is 4.05. The zero-order valence-electron chi connectivity index (χ0n) is 16.1. The third-order valence-corrected chi connectivity index (χ3v) is 6.05. The fourth-order valence-corrected chi connectivity index (χ4v) is 4.36. The Morgan fingerprint density at radius 1 is 1.18 bits per heavy atom. The highest BCUT2D eigenvalue weighted by molar-refractivity contribution is 6.30. The van der Waals surface area contributed by atoms with E-state index in [1.165, 1.54) is 19.3 Å². The summed E-state index contributed by atoms with van der Waals surface area (Å²) in [6, 6.07) is 7.82. The fourth-order valence-electron chi connectivity index (χ4n) is 4.17. The van der Waals surface area contributed by atoms with E-state index >= 15 is 0 Å². The molecule has 0 spiro atoms. The van der Waals surface area contributed by atoms with Gasteiger partial charge in [-0.25, -0.2) is 0 Å². The van der Waals surface area contributed by atoms with Crippen molar-refractivity contribution in [3.05, 3.63) is 35.2 Å². The molecule has 2 aliphatic rings. The molecule has 2 fully saturated rings. The summed E-state index contributed by atoms with van der Waals surface area (Å²) in [7, 11) is 0. The predicted molar refractivity (Wildman–Crippen MR) is 108 cm³/mol. The Balaban J connectivity index is 1.26. The number of piperidine rings is 1. The maximum Gasteiger partial charge on any atom is 0.241 e. The molecule has 7 heteroatoms. The van der Waals surface area contributed by atoms with Gasteiger partial charge in [-0.3, -0.25) is 9.69 Å². The van der Waals surface area contributed by atoms with Crippen molar-refractivity contribution in [1.29, 1.82) is 0 Å². The van der Waals surface area contributed by atoms with Crippen molar-refractivity contribution in [2.75, 3.05) is 13.1 Å². The number of amides is 1. The number of carbonyl (C=O) groups is 1. The minimum Gasteiger partial charge on any atom is -0.353 e. The first-order valence-corrected chi connectivity index (χ1v) is 10.7. The molecule has 1 saturated heterocycles. The first-order valence-electron chi connectivity index (χ1n) is 10.3. The number of rotatable bonds is 5. The van der Waals surface area contributed by atoms with Crippen LogP contribution < -0.4 is 5.32 Å². The normalized spacial score (nSPS) is 19.6. The first kappa shape index (κ1) is 19.4. The number of halogens is 1. The van der Waals surface area contributed by atoms with Crippen LogP contribution in [0.2, 0.25) is 5.02 Å². The Morgan fingerprint density at radius 2 is 1.96 bits per heavy atom. The molecular formula is C21H27ClN4O2. The summed E-state index contributed by atoms with van der Waals surface area (Å²) in [6.45, 7) is 2.36. The molecule has 6 nitrogen and oxygen atoms in total. The van der Waals surface area contributed by atoms with E-state index in [0.717, 1.165) is 44.3 Å². The summed E-state index contributed by atoms with van der Waals surface area (Å²) in [5.74, 6) is 1.52. The number of nitrogens with one attached hydrogen (secondary N) is 1. The lowest BCUT2D eigenvalue weighted by Crippen LogP contribution is -2.44. The van der Waals surface area contributed by atoms with Crippen LogP contribution in [0.15, 0.2) is 28.8 Å². The summed E-state index contributed by atoms with van der Waals surface area (Å²) in [4.78, 5) is 19.3. The SMILES string of the molecule is O=C(NC1CCCCC1)C1CCN(Cc2nc(-c3cccc(Cl)c3)no2)CC1. The number of likely N-dealkylation sites (tertiary alicyclic amines) is 1. The lowest BCUT2D eigenvalue weighted by Gasteiger charge is -2.32. The van der Waals surface area contributed by atoms with Crippen molar-refractivity contribution < 1.29 is 9.32 Å². The lowest BCUT2D eigenvalue weighted by atomic mass is 9.92.